The fraction of sp³-hybridized carbons (Fsp3) is 0.429. The SMILES string of the molecule is CC.CC[C@@H]1CC=Cc2ccccc21. The number of allylic oxidation sites excluding steroid dienone is 1. The van der Waals surface area contributed by atoms with E-state index >= 15 is 0 Å². The Bertz CT molecular complexity index is 297. The van der Waals surface area contributed by atoms with Crippen molar-refractivity contribution >= 4 is 6.08 Å². The zero-order valence-electron chi connectivity index (χ0n) is 9.46. The van der Waals surface area contributed by atoms with Gasteiger partial charge in [0.05, 0.1) is 0 Å². The number of benzene rings is 1. The fourth-order valence-corrected chi connectivity index (χ4v) is 1.91. The van der Waals surface area contributed by atoms with E-state index in [1.54, 1.807) is 0 Å². The molecule has 2 rings (SSSR count). The minimum Gasteiger partial charge on any atom is -0.0833 e. The number of hydrogen-bond acceptors (Lipinski definition) is 0. The van der Waals surface area contributed by atoms with Crippen molar-refractivity contribution in [1.29, 1.82) is 0 Å². The summed E-state index contributed by atoms with van der Waals surface area (Å²) in [6, 6.07) is 8.71. The highest BCUT2D eigenvalue weighted by Crippen LogP contribution is 2.31. The summed E-state index contributed by atoms with van der Waals surface area (Å²) in [7, 11) is 0. The van der Waals surface area contributed by atoms with Crippen LogP contribution in [-0.2, 0) is 0 Å². The molecule has 0 heterocycles. The van der Waals surface area contributed by atoms with E-state index < -0.39 is 0 Å². The molecule has 0 bridgehead atoms. The van der Waals surface area contributed by atoms with Crippen molar-refractivity contribution in [2.45, 2.75) is 39.5 Å². The summed E-state index contributed by atoms with van der Waals surface area (Å²) in [5.74, 6) is 0.756. The van der Waals surface area contributed by atoms with Crippen LogP contribution in [0.5, 0.6) is 0 Å². The van der Waals surface area contributed by atoms with Crippen molar-refractivity contribution in [3.63, 3.8) is 0 Å². The summed E-state index contributed by atoms with van der Waals surface area (Å²) in [6.45, 7) is 6.26. The number of hydrogen-bond donors (Lipinski definition) is 0. The lowest BCUT2D eigenvalue weighted by Gasteiger charge is -2.19. The highest BCUT2D eigenvalue weighted by Gasteiger charge is 2.13. The van der Waals surface area contributed by atoms with Crippen LogP contribution >= 0.6 is 0 Å². The quantitative estimate of drug-likeness (QED) is 0.603. The second-order valence-electron chi connectivity index (χ2n) is 3.37. The van der Waals surface area contributed by atoms with Crippen molar-refractivity contribution in [3.8, 4) is 0 Å². The highest BCUT2D eigenvalue weighted by molar-refractivity contribution is 5.57. The summed E-state index contributed by atoms with van der Waals surface area (Å²) < 4.78 is 0. The first-order valence-corrected chi connectivity index (χ1v) is 5.67. The Hall–Kier alpha value is -1.04. The predicted molar refractivity (Wildman–Crippen MR) is 64.5 cm³/mol. The molecule has 0 amide bonds. The Labute approximate surface area is 87.7 Å². The fourth-order valence-electron chi connectivity index (χ4n) is 1.91. The van der Waals surface area contributed by atoms with Crippen LogP contribution in [0.25, 0.3) is 6.08 Å². The Balaban J connectivity index is 0.000000461. The molecule has 1 aromatic rings. The minimum atomic E-state index is 0.756. The van der Waals surface area contributed by atoms with Gasteiger partial charge in [0, 0.05) is 0 Å². The normalized spacial score (nSPS) is 18.1. The molecule has 0 aromatic heterocycles. The van der Waals surface area contributed by atoms with Crippen LogP contribution in [0.3, 0.4) is 0 Å². The Morgan fingerprint density at radius 2 is 1.93 bits per heavy atom. The smallest absolute Gasteiger partial charge is 0.0124 e. The van der Waals surface area contributed by atoms with E-state index in [9.17, 15) is 0 Å². The predicted octanol–water partition coefficient (Wildman–Crippen LogP) is 4.62. The average molecular weight is 188 g/mol. The molecule has 1 aliphatic rings. The molecule has 76 valence electrons. The van der Waals surface area contributed by atoms with Gasteiger partial charge in [-0.1, -0.05) is 57.2 Å². The summed E-state index contributed by atoms with van der Waals surface area (Å²) >= 11 is 0. The van der Waals surface area contributed by atoms with Crippen molar-refractivity contribution in [2.75, 3.05) is 0 Å². The molecule has 1 atom stereocenters. The van der Waals surface area contributed by atoms with Crippen LogP contribution in [0.1, 0.15) is 50.7 Å². The second-order valence-corrected chi connectivity index (χ2v) is 3.37. The van der Waals surface area contributed by atoms with Crippen LogP contribution in [0.2, 0.25) is 0 Å². The van der Waals surface area contributed by atoms with Gasteiger partial charge in [0.1, 0.15) is 0 Å². The number of rotatable bonds is 1. The van der Waals surface area contributed by atoms with Crippen molar-refractivity contribution in [2.24, 2.45) is 0 Å². The molecule has 0 nitrogen and oxygen atoms in total. The maximum absolute atomic E-state index is 2.29. The summed E-state index contributed by atoms with van der Waals surface area (Å²) in [5.41, 5.74) is 2.94. The molecule has 0 fully saturated rings. The van der Waals surface area contributed by atoms with E-state index in [2.05, 4.69) is 43.3 Å². The van der Waals surface area contributed by atoms with Gasteiger partial charge in [0.2, 0.25) is 0 Å². The van der Waals surface area contributed by atoms with Crippen molar-refractivity contribution < 1.29 is 0 Å². The molecule has 0 aliphatic heterocycles. The van der Waals surface area contributed by atoms with Crippen LogP contribution in [0.15, 0.2) is 30.3 Å². The first kappa shape index (κ1) is 11.0. The topological polar surface area (TPSA) is 0 Å². The van der Waals surface area contributed by atoms with E-state index in [0.29, 0.717) is 0 Å². The van der Waals surface area contributed by atoms with E-state index in [0.717, 1.165) is 5.92 Å². The molecule has 0 radical (unpaired) electrons. The Kier molecular flexibility index (Phi) is 4.45. The third kappa shape index (κ3) is 2.25. The molecular weight excluding hydrogens is 168 g/mol. The molecule has 0 spiro atoms. The van der Waals surface area contributed by atoms with Gasteiger partial charge < -0.3 is 0 Å². The molecule has 0 unspecified atom stereocenters. The molecule has 0 N–H and O–H groups in total. The van der Waals surface area contributed by atoms with E-state index in [-0.39, 0.29) is 0 Å². The largest absolute Gasteiger partial charge is 0.0833 e. The maximum Gasteiger partial charge on any atom is -0.0124 e. The molecule has 14 heavy (non-hydrogen) atoms. The molecule has 0 saturated heterocycles. The van der Waals surface area contributed by atoms with Gasteiger partial charge in [0.15, 0.2) is 0 Å². The van der Waals surface area contributed by atoms with E-state index in [4.69, 9.17) is 0 Å². The van der Waals surface area contributed by atoms with Crippen molar-refractivity contribution in [1.82, 2.24) is 0 Å². The van der Waals surface area contributed by atoms with Gasteiger partial charge >= 0.3 is 0 Å². The maximum atomic E-state index is 2.29. The van der Waals surface area contributed by atoms with Crippen LogP contribution < -0.4 is 0 Å². The van der Waals surface area contributed by atoms with E-state index in [1.165, 1.54) is 24.0 Å². The summed E-state index contributed by atoms with van der Waals surface area (Å²) in [5, 5.41) is 0. The van der Waals surface area contributed by atoms with Gasteiger partial charge in [0.25, 0.3) is 0 Å². The standard InChI is InChI=1S/C12H14.C2H6/c1-2-10-7-5-8-11-6-3-4-9-12(10)11;1-2/h3-6,8-10H,2,7H2,1H3;1-2H3/t10-;/m1./s1. The third-order valence-corrected chi connectivity index (χ3v) is 2.65. The van der Waals surface area contributed by atoms with Gasteiger partial charge in [-0.05, 0) is 29.9 Å². The molecule has 1 aromatic carbocycles. The Morgan fingerprint density at radius 1 is 1.21 bits per heavy atom. The molecule has 1 aliphatic carbocycles. The van der Waals surface area contributed by atoms with Crippen LogP contribution in [-0.4, -0.2) is 0 Å². The van der Waals surface area contributed by atoms with Crippen LogP contribution in [0.4, 0.5) is 0 Å². The van der Waals surface area contributed by atoms with Gasteiger partial charge in [-0.3, -0.25) is 0 Å². The lowest BCUT2D eigenvalue weighted by atomic mass is 9.86. The minimum absolute atomic E-state index is 0.756. The highest BCUT2D eigenvalue weighted by atomic mass is 14.2. The van der Waals surface area contributed by atoms with Crippen molar-refractivity contribution in [3.05, 3.63) is 41.5 Å². The van der Waals surface area contributed by atoms with E-state index in [1.807, 2.05) is 13.8 Å². The van der Waals surface area contributed by atoms with Gasteiger partial charge in [-0.2, -0.15) is 0 Å². The first-order valence-electron chi connectivity index (χ1n) is 5.67. The lowest BCUT2D eigenvalue weighted by molar-refractivity contribution is 0.668. The number of fused-ring (bicyclic) bond motifs is 1. The molecular formula is C14H20. The summed E-state index contributed by atoms with van der Waals surface area (Å²) in [4.78, 5) is 0. The van der Waals surface area contributed by atoms with Crippen LogP contribution in [0, 0.1) is 0 Å². The lowest BCUT2D eigenvalue weighted by Crippen LogP contribution is -2.01. The zero-order chi connectivity index (χ0) is 10.4. The summed E-state index contributed by atoms with van der Waals surface area (Å²) in [6.07, 6.45) is 6.99. The second kappa shape index (κ2) is 5.64. The monoisotopic (exact) mass is 188 g/mol. The van der Waals surface area contributed by atoms with Gasteiger partial charge in [-0.15, -0.1) is 0 Å². The third-order valence-electron chi connectivity index (χ3n) is 2.65. The average Bonchev–Trinajstić information content (AvgIpc) is 2.31. The zero-order valence-corrected chi connectivity index (χ0v) is 9.46. The molecule has 0 saturated carbocycles. The Morgan fingerprint density at radius 3 is 2.64 bits per heavy atom. The van der Waals surface area contributed by atoms with Gasteiger partial charge in [-0.25, -0.2) is 0 Å². The first-order chi connectivity index (χ1) is 6.92. The molecule has 0 heteroatoms.